The largest absolute Gasteiger partial charge is 0.459 e. The second kappa shape index (κ2) is 8.60. The number of hydrogen-bond donors (Lipinski definition) is 3. The summed E-state index contributed by atoms with van der Waals surface area (Å²) in [7, 11) is 0. The molecule has 9 heteroatoms. The number of rotatable bonds is 4. The highest BCUT2D eigenvalue weighted by atomic mass is 35.5. The number of nitrogens with one attached hydrogen (secondary N) is 3. The molecule has 0 fully saturated rings. The number of amides is 3. The van der Waals surface area contributed by atoms with Crippen LogP contribution in [0.3, 0.4) is 0 Å². The van der Waals surface area contributed by atoms with Gasteiger partial charge in [0.1, 0.15) is 0 Å². The zero-order valence-corrected chi connectivity index (χ0v) is 15.7. The summed E-state index contributed by atoms with van der Waals surface area (Å²) in [5.74, 6) is -1.56. The molecule has 1 aromatic heterocycles. The van der Waals surface area contributed by atoms with Crippen LogP contribution >= 0.6 is 23.2 Å². The standard InChI is InChI=1S/C19H13Cl2N3O4/c20-12-6-7-14(15(21)10-12)18(26)22-13-4-1-3-11(9-13)17(25)23-24-19(27)16-5-2-8-28-16/h1-10H,(H,22,26)(H,23,25)(H,24,27). The van der Waals surface area contributed by atoms with E-state index in [1.54, 1.807) is 24.3 Å². The van der Waals surface area contributed by atoms with E-state index in [0.29, 0.717) is 10.7 Å². The average molecular weight is 418 g/mol. The number of carbonyl (C=O) groups excluding carboxylic acids is 3. The topological polar surface area (TPSA) is 100 Å². The minimum absolute atomic E-state index is 0.0566. The SMILES string of the molecule is O=C(NNC(=O)c1ccco1)c1cccc(NC(=O)c2ccc(Cl)cc2Cl)c1. The summed E-state index contributed by atoms with van der Waals surface area (Å²) >= 11 is 11.9. The number of hydrogen-bond acceptors (Lipinski definition) is 4. The Kier molecular flexibility index (Phi) is 5.98. The molecule has 142 valence electrons. The van der Waals surface area contributed by atoms with Crippen LogP contribution in [0.2, 0.25) is 10.0 Å². The normalized spacial score (nSPS) is 10.2. The summed E-state index contributed by atoms with van der Waals surface area (Å²) in [6.07, 6.45) is 1.34. The lowest BCUT2D eigenvalue weighted by atomic mass is 10.1. The smallest absolute Gasteiger partial charge is 0.305 e. The highest BCUT2D eigenvalue weighted by molar-refractivity contribution is 6.37. The average Bonchev–Trinajstić information content (AvgIpc) is 3.20. The molecule has 3 aromatic rings. The van der Waals surface area contributed by atoms with Crippen molar-refractivity contribution in [3.05, 3.63) is 87.8 Å². The number of carbonyl (C=O) groups is 3. The zero-order chi connectivity index (χ0) is 20.1. The van der Waals surface area contributed by atoms with Crippen molar-refractivity contribution >= 4 is 46.6 Å². The van der Waals surface area contributed by atoms with Gasteiger partial charge in [0.05, 0.1) is 16.8 Å². The minimum atomic E-state index is -0.597. The molecule has 3 N–H and O–H groups in total. The third-order valence-electron chi connectivity index (χ3n) is 3.59. The molecule has 0 atom stereocenters. The van der Waals surface area contributed by atoms with E-state index < -0.39 is 17.7 Å². The van der Waals surface area contributed by atoms with Gasteiger partial charge in [-0.15, -0.1) is 0 Å². The quantitative estimate of drug-likeness (QED) is 0.560. The molecule has 0 bridgehead atoms. The fraction of sp³-hybridized carbons (Fsp3) is 0. The van der Waals surface area contributed by atoms with E-state index in [1.165, 1.54) is 36.6 Å². The Bertz CT molecular complexity index is 1040. The lowest BCUT2D eigenvalue weighted by molar-refractivity contribution is 0.0831. The van der Waals surface area contributed by atoms with Crippen molar-refractivity contribution in [2.45, 2.75) is 0 Å². The van der Waals surface area contributed by atoms with Gasteiger partial charge in [0.25, 0.3) is 11.8 Å². The van der Waals surface area contributed by atoms with Crippen molar-refractivity contribution < 1.29 is 18.8 Å². The van der Waals surface area contributed by atoms with Crippen LogP contribution in [0.25, 0.3) is 0 Å². The van der Waals surface area contributed by atoms with Gasteiger partial charge in [-0.3, -0.25) is 25.2 Å². The Morgan fingerprint density at radius 1 is 0.821 bits per heavy atom. The molecule has 0 aliphatic heterocycles. The first-order valence-electron chi connectivity index (χ1n) is 7.94. The molecule has 3 amide bonds. The number of halogens is 2. The van der Waals surface area contributed by atoms with E-state index in [4.69, 9.17) is 27.6 Å². The van der Waals surface area contributed by atoms with E-state index in [1.807, 2.05) is 0 Å². The maximum Gasteiger partial charge on any atom is 0.305 e. The number of anilines is 1. The van der Waals surface area contributed by atoms with Crippen molar-refractivity contribution in [1.82, 2.24) is 10.9 Å². The Labute approximate surface area is 169 Å². The van der Waals surface area contributed by atoms with E-state index in [-0.39, 0.29) is 21.9 Å². The molecule has 0 aliphatic rings. The van der Waals surface area contributed by atoms with Crippen molar-refractivity contribution in [3.8, 4) is 0 Å². The fourth-order valence-electron chi connectivity index (χ4n) is 2.27. The summed E-state index contributed by atoms with van der Waals surface area (Å²) < 4.78 is 4.93. The highest BCUT2D eigenvalue weighted by Crippen LogP contribution is 2.22. The summed E-state index contributed by atoms with van der Waals surface area (Å²) in [6, 6.07) is 13.7. The summed E-state index contributed by atoms with van der Waals surface area (Å²) in [5, 5.41) is 3.27. The Hall–Kier alpha value is -3.29. The lowest BCUT2D eigenvalue weighted by Crippen LogP contribution is -2.41. The maximum absolute atomic E-state index is 12.4. The molecule has 3 rings (SSSR count). The highest BCUT2D eigenvalue weighted by Gasteiger charge is 2.14. The summed E-state index contributed by atoms with van der Waals surface area (Å²) in [5.41, 5.74) is 5.34. The molecule has 0 aliphatic carbocycles. The minimum Gasteiger partial charge on any atom is -0.459 e. The predicted molar refractivity (Wildman–Crippen MR) is 104 cm³/mol. The van der Waals surface area contributed by atoms with Gasteiger partial charge in [-0.1, -0.05) is 29.3 Å². The lowest BCUT2D eigenvalue weighted by Gasteiger charge is -2.09. The molecule has 28 heavy (non-hydrogen) atoms. The van der Waals surface area contributed by atoms with Crippen LogP contribution in [-0.2, 0) is 0 Å². The van der Waals surface area contributed by atoms with Crippen LogP contribution in [-0.4, -0.2) is 17.7 Å². The monoisotopic (exact) mass is 417 g/mol. The van der Waals surface area contributed by atoms with Crippen molar-refractivity contribution in [3.63, 3.8) is 0 Å². The summed E-state index contributed by atoms with van der Waals surface area (Å²) in [4.78, 5) is 36.3. The van der Waals surface area contributed by atoms with Gasteiger partial charge in [0.2, 0.25) is 0 Å². The number of hydrazine groups is 1. The molecule has 7 nitrogen and oxygen atoms in total. The fourth-order valence-corrected chi connectivity index (χ4v) is 2.76. The van der Waals surface area contributed by atoms with Gasteiger partial charge >= 0.3 is 5.91 Å². The van der Waals surface area contributed by atoms with Gasteiger partial charge in [-0.2, -0.15) is 0 Å². The van der Waals surface area contributed by atoms with Crippen molar-refractivity contribution in [2.24, 2.45) is 0 Å². The van der Waals surface area contributed by atoms with Crippen LogP contribution < -0.4 is 16.2 Å². The van der Waals surface area contributed by atoms with Crippen LogP contribution in [0.4, 0.5) is 5.69 Å². The first-order chi connectivity index (χ1) is 13.4. The van der Waals surface area contributed by atoms with Gasteiger partial charge in [0, 0.05) is 16.3 Å². The molecule has 0 saturated heterocycles. The van der Waals surface area contributed by atoms with E-state index in [2.05, 4.69) is 16.2 Å². The maximum atomic E-state index is 12.4. The molecule has 0 radical (unpaired) electrons. The third-order valence-corrected chi connectivity index (χ3v) is 4.14. The first kappa shape index (κ1) is 19.5. The van der Waals surface area contributed by atoms with Crippen LogP contribution in [0, 0.1) is 0 Å². The Balaban J connectivity index is 1.65. The third kappa shape index (κ3) is 4.70. The van der Waals surface area contributed by atoms with Crippen molar-refractivity contribution in [2.75, 3.05) is 5.32 Å². The van der Waals surface area contributed by atoms with Gasteiger partial charge in [0.15, 0.2) is 5.76 Å². The van der Waals surface area contributed by atoms with Crippen molar-refractivity contribution in [1.29, 1.82) is 0 Å². The van der Waals surface area contributed by atoms with E-state index in [9.17, 15) is 14.4 Å². The van der Waals surface area contributed by atoms with E-state index >= 15 is 0 Å². The Morgan fingerprint density at radius 3 is 2.32 bits per heavy atom. The first-order valence-corrected chi connectivity index (χ1v) is 8.70. The zero-order valence-electron chi connectivity index (χ0n) is 14.2. The number of benzene rings is 2. The van der Waals surface area contributed by atoms with Crippen LogP contribution in [0.1, 0.15) is 31.3 Å². The van der Waals surface area contributed by atoms with Crippen LogP contribution in [0.15, 0.2) is 65.3 Å². The molecular formula is C19H13Cl2N3O4. The molecule has 0 unspecified atom stereocenters. The van der Waals surface area contributed by atoms with Crippen LogP contribution in [0.5, 0.6) is 0 Å². The summed E-state index contributed by atoms with van der Waals surface area (Å²) in [6.45, 7) is 0. The second-order valence-electron chi connectivity index (χ2n) is 5.54. The molecule has 0 spiro atoms. The van der Waals surface area contributed by atoms with Gasteiger partial charge in [-0.25, -0.2) is 0 Å². The van der Waals surface area contributed by atoms with Gasteiger partial charge in [-0.05, 0) is 48.5 Å². The molecular weight excluding hydrogens is 405 g/mol. The van der Waals surface area contributed by atoms with Gasteiger partial charge < -0.3 is 9.73 Å². The predicted octanol–water partition coefficient (Wildman–Crippen LogP) is 3.91. The molecule has 1 heterocycles. The second-order valence-corrected chi connectivity index (χ2v) is 6.39. The molecule has 0 saturated carbocycles. The Morgan fingerprint density at radius 2 is 1.61 bits per heavy atom. The van der Waals surface area contributed by atoms with E-state index in [0.717, 1.165) is 0 Å². The molecule has 2 aromatic carbocycles. The number of furan rings is 1.